The van der Waals surface area contributed by atoms with Crippen molar-refractivity contribution in [3.8, 4) is 16.8 Å². The van der Waals surface area contributed by atoms with Gasteiger partial charge in [0, 0.05) is 19.8 Å². The number of pyridine rings is 1. The van der Waals surface area contributed by atoms with Gasteiger partial charge in [-0.1, -0.05) is 18.2 Å². The Morgan fingerprint density at radius 3 is 2.41 bits per heavy atom. The number of aryl methyl sites for hydroxylation is 3. The zero-order valence-corrected chi connectivity index (χ0v) is 21.2. The molecule has 0 saturated heterocycles. The van der Waals surface area contributed by atoms with Crippen molar-refractivity contribution in [3.05, 3.63) is 98.3 Å². The average Bonchev–Trinajstić information content (AvgIpc) is 3.35. The van der Waals surface area contributed by atoms with E-state index in [4.69, 9.17) is 10.3 Å². The summed E-state index contributed by atoms with van der Waals surface area (Å²) in [6.45, 7) is 3.78. The lowest BCUT2D eigenvalue weighted by atomic mass is 10.1. The maximum atomic E-state index is 14.7. The number of aromatic nitrogens is 4. The molecule has 39 heavy (non-hydrogen) atoms. The Kier molecular flexibility index (Phi) is 6.22. The summed E-state index contributed by atoms with van der Waals surface area (Å²) in [5.41, 5.74) is 5.58. The van der Waals surface area contributed by atoms with E-state index in [9.17, 15) is 23.6 Å². The SMILES string of the molecule is CCn1c2c(C(=O)Nc3cccc(C(N)=O)c3F)nccc2c(=O)n1-c1ccc(-c2c(C)on(C)c2=O)cc1. The number of anilines is 1. The predicted octanol–water partition coefficient (Wildman–Crippen LogP) is 2.96. The molecule has 2 amide bonds. The summed E-state index contributed by atoms with van der Waals surface area (Å²) < 4.78 is 24.2. The molecule has 0 aliphatic rings. The zero-order chi connectivity index (χ0) is 28.0. The molecule has 0 atom stereocenters. The second kappa shape index (κ2) is 9.56. The minimum absolute atomic E-state index is 0.108. The third-order valence-electron chi connectivity index (χ3n) is 6.40. The highest BCUT2D eigenvalue weighted by molar-refractivity contribution is 6.10. The lowest BCUT2D eigenvalue weighted by Crippen LogP contribution is -2.21. The molecule has 5 aromatic rings. The van der Waals surface area contributed by atoms with Crippen LogP contribution in [0.3, 0.4) is 0 Å². The van der Waals surface area contributed by atoms with Crippen LogP contribution in [0.1, 0.15) is 33.5 Å². The smallest absolute Gasteiger partial charge is 0.290 e. The predicted molar refractivity (Wildman–Crippen MR) is 142 cm³/mol. The van der Waals surface area contributed by atoms with Gasteiger partial charge >= 0.3 is 0 Å². The monoisotopic (exact) mass is 530 g/mol. The van der Waals surface area contributed by atoms with Crippen LogP contribution in [0.4, 0.5) is 10.1 Å². The van der Waals surface area contributed by atoms with Gasteiger partial charge in [0.15, 0.2) is 11.5 Å². The van der Waals surface area contributed by atoms with Crippen molar-refractivity contribution in [2.75, 3.05) is 5.32 Å². The molecule has 3 heterocycles. The van der Waals surface area contributed by atoms with E-state index >= 15 is 0 Å². The van der Waals surface area contributed by atoms with Crippen molar-refractivity contribution >= 4 is 28.4 Å². The third-order valence-corrected chi connectivity index (χ3v) is 6.40. The van der Waals surface area contributed by atoms with Crippen LogP contribution in [0.5, 0.6) is 0 Å². The molecule has 0 fully saturated rings. The minimum atomic E-state index is -0.977. The second-order valence-electron chi connectivity index (χ2n) is 8.75. The minimum Gasteiger partial charge on any atom is -0.381 e. The van der Waals surface area contributed by atoms with Crippen LogP contribution in [-0.4, -0.2) is 30.9 Å². The summed E-state index contributed by atoms with van der Waals surface area (Å²) >= 11 is 0. The second-order valence-corrected chi connectivity index (χ2v) is 8.75. The summed E-state index contributed by atoms with van der Waals surface area (Å²) in [7, 11) is 1.52. The van der Waals surface area contributed by atoms with Crippen molar-refractivity contribution in [2.24, 2.45) is 12.8 Å². The van der Waals surface area contributed by atoms with Crippen LogP contribution in [0.25, 0.3) is 27.7 Å². The molecule has 0 aliphatic heterocycles. The molecule has 0 unspecified atom stereocenters. The highest BCUT2D eigenvalue weighted by Gasteiger charge is 2.23. The first-order chi connectivity index (χ1) is 18.6. The van der Waals surface area contributed by atoms with Gasteiger partial charge in [0.25, 0.3) is 22.9 Å². The number of carbonyl (C=O) groups is 2. The third kappa shape index (κ3) is 4.11. The van der Waals surface area contributed by atoms with Gasteiger partial charge in [-0.25, -0.2) is 14.1 Å². The van der Waals surface area contributed by atoms with Crippen molar-refractivity contribution < 1.29 is 18.5 Å². The summed E-state index contributed by atoms with van der Waals surface area (Å²) in [6, 6.07) is 12.2. The van der Waals surface area contributed by atoms with E-state index in [-0.39, 0.29) is 33.4 Å². The number of hydrogen-bond donors (Lipinski definition) is 2. The van der Waals surface area contributed by atoms with Crippen molar-refractivity contribution in [1.82, 2.24) is 19.1 Å². The van der Waals surface area contributed by atoms with Crippen molar-refractivity contribution in [2.45, 2.75) is 20.4 Å². The summed E-state index contributed by atoms with van der Waals surface area (Å²) in [5, 5.41) is 2.65. The van der Waals surface area contributed by atoms with E-state index in [1.807, 2.05) is 0 Å². The van der Waals surface area contributed by atoms with Crippen LogP contribution in [0, 0.1) is 12.7 Å². The zero-order valence-electron chi connectivity index (χ0n) is 21.2. The Hall–Kier alpha value is -5.26. The van der Waals surface area contributed by atoms with Crippen LogP contribution in [-0.2, 0) is 13.6 Å². The van der Waals surface area contributed by atoms with Crippen LogP contribution >= 0.6 is 0 Å². The molecule has 12 heteroatoms. The molecular formula is C27H23FN6O5. The maximum Gasteiger partial charge on any atom is 0.290 e. The number of primary amides is 1. The lowest BCUT2D eigenvalue weighted by Gasteiger charge is -2.13. The number of benzene rings is 2. The Labute approximate surface area is 219 Å². The van der Waals surface area contributed by atoms with Gasteiger partial charge in [0.2, 0.25) is 0 Å². The number of nitrogens with one attached hydrogen (secondary N) is 1. The molecule has 198 valence electrons. The Morgan fingerprint density at radius 2 is 1.79 bits per heavy atom. The molecule has 0 spiro atoms. The van der Waals surface area contributed by atoms with E-state index in [2.05, 4.69) is 10.3 Å². The van der Waals surface area contributed by atoms with E-state index in [0.717, 1.165) is 4.74 Å². The first kappa shape index (κ1) is 25.4. The molecule has 0 radical (unpaired) electrons. The fourth-order valence-electron chi connectivity index (χ4n) is 4.63. The van der Waals surface area contributed by atoms with E-state index < -0.39 is 23.2 Å². The van der Waals surface area contributed by atoms with Gasteiger partial charge in [-0.3, -0.25) is 23.9 Å². The van der Waals surface area contributed by atoms with Crippen molar-refractivity contribution in [3.63, 3.8) is 0 Å². The van der Waals surface area contributed by atoms with Gasteiger partial charge in [0.1, 0.15) is 11.3 Å². The van der Waals surface area contributed by atoms with Crippen molar-refractivity contribution in [1.29, 1.82) is 0 Å². The van der Waals surface area contributed by atoms with Gasteiger partial charge in [-0.05, 0) is 49.7 Å². The number of nitrogens with two attached hydrogens (primary N) is 1. The molecule has 11 nitrogen and oxygen atoms in total. The maximum absolute atomic E-state index is 14.7. The number of nitrogens with zero attached hydrogens (tertiary/aromatic N) is 4. The molecule has 2 aromatic carbocycles. The average molecular weight is 531 g/mol. The lowest BCUT2D eigenvalue weighted by molar-refractivity contribution is 0.0991. The highest BCUT2D eigenvalue weighted by atomic mass is 19.1. The summed E-state index contributed by atoms with van der Waals surface area (Å²) in [6.07, 6.45) is 1.32. The first-order valence-corrected chi connectivity index (χ1v) is 11.9. The summed E-state index contributed by atoms with van der Waals surface area (Å²) in [4.78, 5) is 54.8. The number of rotatable bonds is 6. The molecular weight excluding hydrogens is 507 g/mol. The normalized spacial score (nSPS) is 11.2. The van der Waals surface area contributed by atoms with Gasteiger partial charge in [-0.15, -0.1) is 0 Å². The van der Waals surface area contributed by atoms with E-state index in [1.54, 1.807) is 42.8 Å². The van der Waals surface area contributed by atoms with Gasteiger partial charge in [0.05, 0.1) is 27.9 Å². The first-order valence-electron chi connectivity index (χ1n) is 11.9. The van der Waals surface area contributed by atoms with Crippen LogP contribution in [0.15, 0.2) is 68.8 Å². The van der Waals surface area contributed by atoms with Gasteiger partial charge in [-0.2, -0.15) is 4.74 Å². The van der Waals surface area contributed by atoms with Gasteiger partial charge < -0.3 is 15.6 Å². The number of fused-ring (bicyclic) bond motifs is 1. The van der Waals surface area contributed by atoms with E-state index in [1.165, 1.54) is 42.2 Å². The number of halogens is 1. The van der Waals surface area contributed by atoms with Crippen LogP contribution in [0.2, 0.25) is 0 Å². The molecule has 0 saturated carbocycles. The Bertz CT molecular complexity index is 1900. The molecule has 0 bridgehead atoms. The number of carbonyl (C=O) groups excluding carboxylic acids is 2. The fraction of sp³-hybridized carbons (Fsp3) is 0.148. The molecule has 5 rings (SSSR count). The Morgan fingerprint density at radius 1 is 1.08 bits per heavy atom. The number of hydrogen-bond acceptors (Lipinski definition) is 6. The number of amides is 2. The Balaban J connectivity index is 1.60. The molecule has 3 aromatic heterocycles. The highest BCUT2D eigenvalue weighted by Crippen LogP contribution is 2.24. The molecule has 0 aliphatic carbocycles. The largest absolute Gasteiger partial charge is 0.381 e. The topological polar surface area (TPSA) is 147 Å². The quantitative estimate of drug-likeness (QED) is 0.345. The molecule has 3 N–H and O–H groups in total. The standard InChI is InChI=1S/C27H23FN6O5/c1-4-33-23-18(12-13-30-22(23)25(36)31-19-7-5-6-17(21(19)28)24(29)35)26(37)34(33)16-10-8-15(9-11-16)20-14(2)39-32(3)27(20)38/h5-13H,4H2,1-3H3,(H2,29,35)(H,31,36). The van der Waals surface area contributed by atoms with Crippen LogP contribution < -0.4 is 22.2 Å². The van der Waals surface area contributed by atoms with E-state index in [0.29, 0.717) is 29.1 Å². The fourth-order valence-corrected chi connectivity index (χ4v) is 4.63. The summed E-state index contributed by atoms with van der Waals surface area (Å²) in [5.74, 6) is -2.26.